The molecule has 1 aliphatic carbocycles. The van der Waals surface area contributed by atoms with Crippen molar-refractivity contribution in [1.82, 2.24) is 14.9 Å². The zero-order valence-electron chi connectivity index (χ0n) is 10.6. The van der Waals surface area contributed by atoms with Crippen molar-refractivity contribution >= 4 is 17.4 Å². The van der Waals surface area contributed by atoms with E-state index in [-0.39, 0.29) is 11.9 Å². The molecular formula is C12H19N3O2S. The summed E-state index contributed by atoms with van der Waals surface area (Å²) in [5.41, 5.74) is 0.737. The van der Waals surface area contributed by atoms with Gasteiger partial charge in [0.15, 0.2) is 0 Å². The zero-order valence-corrected chi connectivity index (χ0v) is 11.4. The highest BCUT2D eigenvalue weighted by Crippen LogP contribution is 2.19. The lowest BCUT2D eigenvalue weighted by Gasteiger charge is -2.21. The van der Waals surface area contributed by atoms with Crippen LogP contribution in [0.2, 0.25) is 0 Å². The maximum Gasteiger partial charge on any atom is 0.265 e. The predicted molar refractivity (Wildman–Crippen MR) is 69.6 cm³/mol. The van der Waals surface area contributed by atoms with E-state index in [0.29, 0.717) is 11.3 Å². The lowest BCUT2D eigenvalue weighted by Crippen LogP contribution is -2.42. The van der Waals surface area contributed by atoms with E-state index < -0.39 is 6.10 Å². The van der Waals surface area contributed by atoms with E-state index in [1.807, 2.05) is 6.92 Å². The zero-order chi connectivity index (χ0) is 13.0. The van der Waals surface area contributed by atoms with Gasteiger partial charge in [0.05, 0.1) is 17.8 Å². The number of amides is 1. The molecule has 0 radical (unpaired) electrons. The van der Waals surface area contributed by atoms with Crippen LogP contribution in [0.5, 0.6) is 0 Å². The Kier molecular flexibility index (Phi) is 4.66. The van der Waals surface area contributed by atoms with Crippen molar-refractivity contribution in [2.45, 2.75) is 57.6 Å². The summed E-state index contributed by atoms with van der Waals surface area (Å²) >= 11 is 1.12. The first-order valence-electron chi connectivity index (χ1n) is 6.52. The van der Waals surface area contributed by atoms with Crippen LogP contribution in [0.4, 0.5) is 0 Å². The Bertz CT molecular complexity index is 408. The molecule has 2 rings (SSSR count). The second kappa shape index (κ2) is 6.24. The molecule has 100 valence electrons. The number of carbonyl (C=O) groups excluding carboxylic acids is 1. The van der Waals surface area contributed by atoms with Crippen LogP contribution in [0.15, 0.2) is 0 Å². The Morgan fingerprint density at radius 3 is 3.00 bits per heavy atom. The molecule has 1 aromatic heterocycles. The SMILES string of the molecule is CCc1nnsc1C(=O)NC1CCCCCC1O. The monoisotopic (exact) mass is 269 g/mol. The molecule has 6 heteroatoms. The largest absolute Gasteiger partial charge is 0.391 e. The van der Waals surface area contributed by atoms with Crippen molar-refractivity contribution in [3.05, 3.63) is 10.6 Å². The fraction of sp³-hybridized carbons (Fsp3) is 0.750. The number of aromatic nitrogens is 2. The quantitative estimate of drug-likeness (QED) is 0.816. The first kappa shape index (κ1) is 13.4. The summed E-state index contributed by atoms with van der Waals surface area (Å²) in [5, 5.41) is 16.8. The number of carbonyl (C=O) groups is 1. The van der Waals surface area contributed by atoms with Gasteiger partial charge in [0.2, 0.25) is 0 Å². The van der Waals surface area contributed by atoms with Gasteiger partial charge in [-0.15, -0.1) is 5.10 Å². The minimum atomic E-state index is -0.428. The smallest absolute Gasteiger partial charge is 0.265 e. The van der Waals surface area contributed by atoms with Crippen LogP contribution in [0, 0.1) is 0 Å². The number of aryl methyl sites for hydroxylation is 1. The average molecular weight is 269 g/mol. The molecule has 2 atom stereocenters. The fourth-order valence-electron chi connectivity index (χ4n) is 2.30. The van der Waals surface area contributed by atoms with Crippen molar-refractivity contribution in [1.29, 1.82) is 0 Å². The minimum Gasteiger partial charge on any atom is -0.391 e. The highest BCUT2D eigenvalue weighted by atomic mass is 32.1. The van der Waals surface area contributed by atoms with Crippen molar-refractivity contribution in [2.24, 2.45) is 0 Å². The van der Waals surface area contributed by atoms with E-state index in [9.17, 15) is 9.90 Å². The third kappa shape index (κ3) is 3.05. The van der Waals surface area contributed by atoms with E-state index in [2.05, 4.69) is 14.9 Å². The number of hydrogen-bond acceptors (Lipinski definition) is 5. The van der Waals surface area contributed by atoms with E-state index in [1.165, 1.54) is 0 Å². The topological polar surface area (TPSA) is 75.1 Å². The van der Waals surface area contributed by atoms with Gasteiger partial charge in [0, 0.05) is 0 Å². The molecule has 5 nitrogen and oxygen atoms in total. The number of nitrogens with one attached hydrogen (secondary N) is 1. The molecule has 0 aromatic carbocycles. The third-order valence-electron chi connectivity index (χ3n) is 3.39. The van der Waals surface area contributed by atoms with Gasteiger partial charge in [-0.3, -0.25) is 4.79 Å². The van der Waals surface area contributed by atoms with Gasteiger partial charge in [-0.05, 0) is 30.8 Å². The molecule has 1 aliphatic rings. The lowest BCUT2D eigenvalue weighted by molar-refractivity contribution is 0.0821. The minimum absolute atomic E-state index is 0.133. The Morgan fingerprint density at radius 2 is 2.22 bits per heavy atom. The van der Waals surface area contributed by atoms with Gasteiger partial charge in [-0.25, -0.2) is 0 Å². The molecule has 0 aliphatic heterocycles. The summed E-state index contributed by atoms with van der Waals surface area (Å²) in [6, 6.07) is -0.133. The highest BCUT2D eigenvalue weighted by Gasteiger charge is 2.25. The fourth-order valence-corrected chi connectivity index (χ4v) is 2.96. The van der Waals surface area contributed by atoms with Crippen LogP contribution in [-0.2, 0) is 6.42 Å². The van der Waals surface area contributed by atoms with Gasteiger partial charge in [0.25, 0.3) is 5.91 Å². The van der Waals surface area contributed by atoms with Crippen molar-refractivity contribution in [3.63, 3.8) is 0 Å². The van der Waals surface area contributed by atoms with E-state index in [4.69, 9.17) is 0 Å². The van der Waals surface area contributed by atoms with Crippen LogP contribution in [0.1, 0.15) is 54.4 Å². The number of hydrogen-bond donors (Lipinski definition) is 2. The summed E-state index contributed by atoms with van der Waals surface area (Å²) in [5.74, 6) is -0.146. The molecule has 0 spiro atoms. The Balaban J connectivity index is 2.01. The van der Waals surface area contributed by atoms with Crippen molar-refractivity contribution < 1.29 is 9.90 Å². The maximum absolute atomic E-state index is 12.1. The van der Waals surface area contributed by atoms with Gasteiger partial charge in [-0.1, -0.05) is 30.7 Å². The third-order valence-corrected chi connectivity index (χ3v) is 4.16. The summed E-state index contributed by atoms with van der Waals surface area (Å²) in [6.07, 6.45) is 5.12. The molecule has 1 amide bonds. The Hall–Kier alpha value is -1.01. The molecule has 2 N–H and O–H groups in total. The van der Waals surface area contributed by atoms with Gasteiger partial charge >= 0.3 is 0 Å². The number of aliphatic hydroxyl groups is 1. The van der Waals surface area contributed by atoms with Crippen LogP contribution in [0.3, 0.4) is 0 Å². The van der Waals surface area contributed by atoms with E-state index >= 15 is 0 Å². The Labute approximate surface area is 111 Å². The van der Waals surface area contributed by atoms with Gasteiger partial charge in [0.1, 0.15) is 4.88 Å². The second-order valence-corrected chi connectivity index (χ2v) is 5.44. The number of nitrogens with zero attached hydrogens (tertiary/aromatic N) is 2. The summed E-state index contributed by atoms with van der Waals surface area (Å²) in [7, 11) is 0. The molecule has 1 heterocycles. The summed E-state index contributed by atoms with van der Waals surface area (Å²) in [4.78, 5) is 12.7. The summed E-state index contributed by atoms with van der Waals surface area (Å²) in [6.45, 7) is 1.95. The van der Waals surface area contributed by atoms with E-state index in [1.54, 1.807) is 0 Å². The van der Waals surface area contributed by atoms with Crippen LogP contribution >= 0.6 is 11.5 Å². The van der Waals surface area contributed by atoms with E-state index in [0.717, 1.165) is 49.3 Å². The molecular weight excluding hydrogens is 250 g/mol. The van der Waals surface area contributed by atoms with Crippen LogP contribution in [0.25, 0.3) is 0 Å². The molecule has 1 fully saturated rings. The summed E-state index contributed by atoms with van der Waals surface area (Å²) < 4.78 is 3.81. The first-order valence-corrected chi connectivity index (χ1v) is 7.30. The molecule has 0 bridgehead atoms. The molecule has 1 aromatic rings. The number of aliphatic hydroxyl groups excluding tert-OH is 1. The normalized spacial score (nSPS) is 24.6. The van der Waals surface area contributed by atoms with Crippen LogP contribution in [-0.4, -0.2) is 32.7 Å². The predicted octanol–water partition coefficient (Wildman–Crippen LogP) is 1.52. The standard InChI is InChI=1S/C12H19N3O2S/c1-2-8-11(18-15-14-8)12(17)13-9-6-4-3-5-7-10(9)16/h9-10,16H,2-7H2,1H3,(H,13,17). The molecule has 0 saturated heterocycles. The number of rotatable bonds is 3. The molecule has 2 unspecified atom stereocenters. The molecule has 18 heavy (non-hydrogen) atoms. The van der Waals surface area contributed by atoms with Crippen molar-refractivity contribution in [2.75, 3.05) is 0 Å². The van der Waals surface area contributed by atoms with Gasteiger partial charge in [-0.2, -0.15) is 0 Å². The first-order chi connectivity index (χ1) is 8.72. The lowest BCUT2D eigenvalue weighted by atomic mass is 10.1. The van der Waals surface area contributed by atoms with Crippen LogP contribution < -0.4 is 5.32 Å². The van der Waals surface area contributed by atoms with Gasteiger partial charge < -0.3 is 10.4 Å². The second-order valence-electron chi connectivity index (χ2n) is 4.69. The average Bonchev–Trinajstić information content (AvgIpc) is 2.76. The highest BCUT2D eigenvalue weighted by molar-refractivity contribution is 7.08. The maximum atomic E-state index is 12.1. The Morgan fingerprint density at radius 1 is 1.44 bits per heavy atom. The van der Waals surface area contributed by atoms with Crippen molar-refractivity contribution in [3.8, 4) is 0 Å². The molecule has 1 saturated carbocycles.